The Labute approximate surface area is 155 Å². The molecule has 1 unspecified atom stereocenters. The lowest BCUT2D eigenvalue weighted by atomic mass is 10.3. The summed E-state index contributed by atoms with van der Waals surface area (Å²) in [5.74, 6) is -0.355. The van der Waals surface area contributed by atoms with Gasteiger partial charge in [-0.15, -0.1) is 10.2 Å². The molecule has 0 radical (unpaired) electrons. The number of nitrogens with one attached hydrogen (secondary N) is 1. The third-order valence-electron chi connectivity index (χ3n) is 3.48. The van der Waals surface area contributed by atoms with Gasteiger partial charge in [-0.25, -0.2) is 0 Å². The molecule has 0 saturated heterocycles. The van der Waals surface area contributed by atoms with Crippen molar-refractivity contribution in [1.82, 2.24) is 14.6 Å². The SMILES string of the molecule is CC(Sc1nnc2ccc(C(F)(F)F)cn12)C(=O)Nc1ccccc1Cl. The topological polar surface area (TPSA) is 59.3 Å². The summed E-state index contributed by atoms with van der Waals surface area (Å²) in [6.45, 7) is 1.62. The number of para-hydroxylation sites is 1. The number of benzene rings is 1. The van der Waals surface area contributed by atoms with Crippen LogP contribution in [0, 0.1) is 0 Å². The van der Waals surface area contributed by atoms with E-state index in [4.69, 9.17) is 11.6 Å². The van der Waals surface area contributed by atoms with Crippen LogP contribution in [0.4, 0.5) is 18.9 Å². The van der Waals surface area contributed by atoms with E-state index in [1.165, 1.54) is 10.5 Å². The van der Waals surface area contributed by atoms with Gasteiger partial charge in [-0.1, -0.05) is 35.5 Å². The molecule has 0 saturated carbocycles. The van der Waals surface area contributed by atoms with Crippen molar-refractivity contribution < 1.29 is 18.0 Å². The number of thioether (sulfide) groups is 1. The molecule has 0 bridgehead atoms. The second-order valence-electron chi connectivity index (χ2n) is 5.36. The van der Waals surface area contributed by atoms with Crippen LogP contribution in [0.1, 0.15) is 12.5 Å². The smallest absolute Gasteiger partial charge is 0.324 e. The number of amides is 1. The van der Waals surface area contributed by atoms with Gasteiger partial charge in [-0.3, -0.25) is 9.20 Å². The molecule has 2 aromatic heterocycles. The van der Waals surface area contributed by atoms with Crippen LogP contribution in [-0.2, 0) is 11.0 Å². The standard InChI is InChI=1S/C16H12ClF3N4OS/c1-9(14(25)21-12-5-3-2-4-11(12)17)26-15-23-22-13-7-6-10(8-24(13)15)16(18,19)20/h2-9H,1H3,(H,21,25). The zero-order valence-electron chi connectivity index (χ0n) is 13.3. The van der Waals surface area contributed by atoms with Crippen LogP contribution in [0.3, 0.4) is 0 Å². The molecule has 10 heteroatoms. The molecule has 0 spiro atoms. The second kappa shape index (κ2) is 7.16. The molecule has 26 heavy (non-hydrogen) atoms. The van der Waals surface area contributed by atoms with Gasteiger partial charge in [0.25, 0.3) is 0 Å². The Kier molecular flexibility index (Phi) is 5.10. The normalized spacial score (nSPS) is 13.0. The minimum atomic E-state index is -4.48. The number of carbonyl (C=O) groups excluding carboxylic acids is 1. The first-order chi connectivity index (χ1) is 12.3. The highest BCUT2D eigenvalue weighted by Gasteiger charge is 2.31. The van der Waals surface area contributed by atoms with Gasteiger partial charge in [0.05, 0.1) is 21.5 Å². The highest BCUT2D eigenvalue weighted by Crippen LogP contribution is 2.31. The van der Waals surface area contributed by atoms with E-state index in [2.05, 4.69) is 15.5 Å². The van der Waals surface area contributed by atoms with E-state index >= 15 is 0 Å². The number of hydrogen-bond donors (Lipinski definition) is 1. The van der Waals surface area contributed by atoms with Crippen molar-refractivity contribution in [1.29, 1.82) is 0 Å². The van der Waals surface area contributed by atoms with Crippen LogP contribution in [0.5, 0.6) is 0 Å². The first kappa shape index (κ1) is 18.5. The van der Waals surface area contributed by atoms with Crippen molar-refractivity contribution in [3.05, 3.63) is 53.2 Å². The van der Waals surface area contributed by atoms with Crippen LogP contribution in [0.15, 0.2) is 47.8 Å². The molecule has 3 rings (SSSR count). The number of fused-ring (bicyclic) bond motifs is 1. The van der Waals surface area contributed by atoms with Crippen molar-refractivity contribution in [3.63, 3.8) is 0 Å². The summed E-state index contributed by atoms with van der Waals surface area (Å²) in [4.78, 5) is 12.3. The van der Waals surface area contributed by atoms with Crippen LogP contribution in [0.2, 0.25) is 5.02 Å². The third kappa shape index (κ3) is 3.94. The maximum absolute atomic E-state index is 12.9. The van der Waals surface area contributed by atoms with E-state index in [9.17, 15) is 18.0 Å². The molecule has 1 aromatic carbocycles. The zero-order valence-corrected chi connectivity index (χ0v) is 14.9. The Morgan fingerprint density at radius 2 is 1.96 bits per heavy atom. The molecule has 0 aliphatic rings. The summed E-state index contributed by atoms with van der Waals surface area (Å²) >= 11 is 7.00. The van der Waals surface area contributed by atoms with Crippen molar-refractivity contribution in [3.8, 4) is 0 Å². The largest absolute Gasteiger partial charge is 0.417 e. The summed E-state index contributed by atoms with van der Waals surface area (Å²) in [5.41, 5.74) is -0.101. The van der Waals surface area contributed by atoms with Gasteiger partial charge >= 0.3 is 6.18 Å². The van der Waals surface area contributed by atoms with E-state index in [1.54, 1.807) is 31.2 Å². The van der Waals surface area contributed by atoms with Gasteiger partial charge in [-0.05, 0) is 31.2 Å². The van der Waals surface area contributed by atoms with Crippen molar-refractivity contribution in [2.45, 2.75) is 23.5 Å². The Bertz CT molecular complexity index is 960. The molecule has 3 aromatic rings. The Balaban J connectivity index is 1.79. The predicted octanol–water partition coefficient (Wildman–Crippen LogP) is 4.52. The molecule has 0 aliphatic heterocycles. The van der Waals surface area contributed by atoms with E-state index in [1.807, 2.05) is 0 Å². The van der Waals surface area contributed by atoms with Gasteiger partial charge in [0, 0.05) is 6.20 Å². The molecule has 5 nitrogen and oxygen atoms in total. The predicted molar refractivity (Wildman–Crippen MR) is 93.4 cm³/mol. The van der Waals surface area contributed by atoms with Crippen molar-refractivity contribution >= 4 is 40.6 Å². The number of halogens is 4. The fourth-order valence-corrected chi connectivity index (χ4v) is 3.14. The number of anilines is 1. The van der Waals surface area contributed by atoms with E-state index < -0.39 is 17.0 Å². The van der Waals surface area contributed by atoms with Gasteiger partial charge < -0.3 is 5.32 Å². The van der Waals surface area contributed by atoms with Crippen molar-refractivity contribution in [2.24, 2.45) is 0 Å². The summed E-state index contributed by atoms with van der Waals surface area (Å²) in [5, 5.41) is 10.3. The highest BCUT2D eigenvalue weighted by molar-refractivity contribution is 8.00. The molecular formula is C16H12ClF3N4OS. The molecule has 0 aliphatic carbocycles. The Morgan fingerprint density at radius 1 is 1.23 bits per heavy atom. The Hall–Kier alpha value is -2.26. The number of alkyl halides is 3. The molecule has 136 valence electrons. The number of carbonyl (C=O) groups is 1. The number of pyridine rings is 1. The van der Waals surface area contributed by atoms with E-state index in [0.717, 1.165) is 24.0 Å². The van der Waals surface area contributed by atoms with Crippen LogP contribution >= 0.6 is 23.4 Å². The molecule has 1 atom stereocenters. The van der Waals surface area contributed by atoms with E-state index in [0.29, 0.717) is 10.7 Å². The maximum atomic E-state index is 12.9. The van der Waals surface area contributed by atoms with Gasteiger partial charge in [-0.2, -0.15) is 13.2 Å². The lowest BCUT2D eigenvalue weighted by molar-refractivity contribution is -0.137. The van der Waals surface area contributed by atoms with Gasteiger partial charge in [0.2, 0.25) is 5.91 Å². The maximum Gasteiger partial charge on any atom is 0.417 e. The first-order valence-corrected chi connectivity index (χ1v) is 8.65. The molecular weight excluding hydrogens is 389 g/mol. The average Bonchev–Trinajstić information content (AvgIpc) is 2.98. The fraction of sp³-hybridized carbons (Fsp3) is 0.188. The Morgan fingerprint density at radius 3 is 2.65 bits per heavy atom. The van der Waals surface area contributed by atoms with Crippen LogP contribution < -0.4 is 5.32 Å². The molecule has 1 N–H and O–H groups in total. The second-order valence-corrected chi connectivity index (χ2v) is 7.07. The number of aromatic nitrogens is 3. The fourth-order valence-electron chi connectivity index (χ4n) is 2.13. The van der Waals surface area contributed by atoms with E-state index in [-0.39, 0.29) is 16.7 Å². The summed E-state index contributed by atoms with van der Waals surface area (Å²) < 4.78 is 39.9. The average molecular weight is 401 g/mol. The molecule has 0 fully saturated rings. The summed E-state index contributed by atoms with van der Waals surface area (Å²) in [6, 6.07) is 8.92. The minimum absolute atomic E-state index is 0.188. The third-order valence-corrected chi connectivity index (χ3v) is 4.87. The lowest BCUT2D eigenvalue weighted by Crippen LogP contribution is -2.22. The summed E-state index contributed by atoms with van der Waals surface area (Å²) in [6.07, 6.45) is -3.57. The first-order valence-electron chi connectivity index (χ1n) is 7.40. The quantitative estimate of drug-likeness (QED) is 0.654. The zero-order chi connectivity index (χ0) is 18.9. The minimum Gasteiger partial charge on any atom is -0.324 e. The van der Waals surface area contributed by atoms with Gasteiger partial charge in [0.1, 0.15) is 0 Å². The molecule has 2 heterocycles. The number of rotatable bonds is 4. The van der Waals surface area contributed by atoms with Crippen molar-refractivity contribution in [2.75, 3.05) is 5.32 Å². The molecule has 1 amide bonds. The van der Waals surface area contributed by atoms with Crippen LogP contribution in [0.25, 0.3) is 5.65 Å². The lowest BCUT2D eigenvalue weighted by Gasteiger charge is -2.12. The number of hydrogen-bond acceptors (Lipinski definition) is 4. The highest BCUT2D eigenvalue weighted by atomic mass is 35.5. The van der Waals surface area contributed by atoms with Crippen LogP contribution in [-0.4, -0.2) is 25.8 Å². The monoisotopic (exact) mass is 400 g/mol. The summed E-state index contributed by atoms with van der Waals surface area (Å²) in [7, 11) is 0. The van der Waals surface area contributed by atoms with Gasteiger partial charge in [0.15, 0.2) is 10.8 Å². The number of nitrogens with zero attached hydrogens (tertiary/aromatic N) is 3.